The first-order chi connectivity index (χ1) is 16.1. The fourth-order valence-corrected chi connectivity index (χ4v) is 5.05. The number of anilines is 2. The number of hydrogen-bond donors (Lipinski definition) is 1. The Hall–Kier alpha value is -2.23. The van der Waals surface area contributed by atoms with E-state index in [9.17, 15) is 4.79 Å². The predicted octanol–water partition coefficient (Wildman–Crippen LogP) is 2.77. The summed E-state index contributed by atoms with van der Waals surface area (Å²) < 4.78 is 5.25. The van der Waals surface area contributed by atoms with E-state index in [1.165, 1.54) is 30.3 Å². The third kappa shape index (κ3) is 6.88. The monoisotopic (exact) mass is 490 g/mol. The fraction of sp³-hybridized carbons (Fsp3) is 0.522. The van der Waals surface area contributed by atoms with Crippen molar-refractivity contribution in [2.45, 2.75) is 18.0 Å². The zero-order chi connectivity index (χ0) is 23.0. The van der Waals surface area contributed by atoms with E-state index in [-0.39, 0.29) is 11.7 Å². The van der Waals surface area contributed by atoms with Gasteiger partial charge < -0.3 is 24.8 Å². The van der Waals surface area contributed by atoms with Gasteiger partial charge in [0, 0.05) is 51.0 Å². The number of carbonyl (C=O) groups excluding carboxylic acids is 1. The number of piperazine rings is 1. The van der Waals surface area contributed by atoms with Crippen LogP contribution in [0.15, 0.2) is 35.5 Å². The van der Waals surface area contributed by atoms with Gasteiger partial charge >= 0.3 is 0 Å². The quantitative estimate of drug-likeness (QED) is 0.327. The number of nitrogens with one attached hydrogen (secondary N) is 1. The molecule has 0 bridgehead atoms. The third-order valence-corrected chi connectivity index (χ3v) is 7.02. The molecule has 2 saturated heterocycles. The van der Waals surface area contributed by atoms with Crippen LogP contribution in [0.2, 0.25) is 5.15 Å². The molecule has 3 heterocycles. The molecular formula is C23H31ClN6O2S. The lowest BCUT2D eigenvalue weighted by molar-refractivity contribution is -0.118. The van der Waals surface area contributed by atoms with Crippen molar-refractivity contribution >= 4 is 40.8 Å². The van der Waals surface area contributed by atoms with Crippen molar-refractivity contribution in [3.05, 3.63) is 35.5 Å². The van der Waals surface area contributed by atoms with Crippen LogP contribution in [-0.2, 0) is 4.79 Å². The number of ether oxygens (including phenoxy) is 1. The number of rotatable bonds is 9. The summed E-state index contributed by atoms with van der Waals surface area (Å²) in [7, 11) is 1.68. The van der Waals surface area contributed by atoms with E-state index >= 15 is 0 Å². The summed E-state index contributed by atoms with van der Waals surface area (Å²) in [6.45, 7) is 7.30. The standard InChI is InChI=1S/C23H31ClN6O2S/c1-32-19-6-4-18(5-7-19)29-12-14-30(15-13-29)21-16-20(24)26-23(27-21)33-17-22(31)25-8-11-28-9-2-3-10-28/h4-7,16H,2-3,8-15,17H2,1H3,(H,25,31). The molecule has 0 radical (unpaired) electrons. The van der Waals surface area contributed by atoms with Crippen LogP contribution in [0.1, 0.15) is 12.8 Å². The van der Waals surface area contributed by atoms with Crippen molar-refractivity contribution in [2.75, 3.05) is 75.0 Å². The first-order valence-corrected chi connectivity index (χ1v) is 12.8. The second kappa shape index (κ2) is 11.8. The molecule has 33 heavy (non-hydrogen) atoms. The van der Waals surface area contributed by atoms with Gasteiger partial charge in [-0.2, -0.15) is 0 Å². The van der Waals surface area contributed by atoms with Crippen LogP contribution in [0.4, 0.5) is 11.5 Å². The lowest BCUT2D eigenvalue weighted by Gasteiger charge is -2.36. The van der Waals surface area contributed by atoms with E-state index < -0.39 is 0 Å². The number of aromatic nitrogens is 2. The van der Waals surface area contributed by atoms with Crippen molar-refractivity contribution < 1.29 is 9.53 Å². The summed E-state index contributed by atoms with van der Waals surface area (Å²) in [6.07, 6.45) is 2.52. The van der Waals surface area contributed by atoms with Crippen molar-refractivity contribution in [2.24, 2.45) is 0 Å². The number of benzene rings is 1. The molecule has 1 aromatic carbocycles. The molecule has 1 aromatic heterocycles. The molecule has 2 aliphatic heterocycles. The zero-order valence-corrected chi connectivity index (χ0v) is 20.6. The van der Waals surface area contributed by atoms with Gasteiger partial charge in [-0.3, -0.25) is 4.79 Å². The van der Waals surface area contributed by atoms with Crippen LogP contribution >= 0.6 is 23.4 Å². The number of methoxy groups -OCH3 is 1. The molecule has 0 atom stereocenters. The summed E-state index contributed by atoms with van der Waals surface area (Å²) in [5.74, 6) is 1.95. The van der Waals surface area contributed by atoms with Crippen LogP contribution in [-0.4, -0.2) is 86.0 Å². The van der Waals surface area contributed by atoms with Gasteiger partial charge in [0.25, 0.3) is 0 Å². The van der Waals surface area contributed by atoms with E-state index in [0.717, 1.165) is 57.4 Å². The van der Waals surface area contributed by atoms with E-state index in [4.69, 9.17) is 16.3 Å². The topological polar surface area (TPSA) is 73.8 Å². The van der Waals surface area contributed by atoms with E-state index in [1.807, 2.05) is 12.1 Å². The van der Waals surface area contributed by atoms with Gasteiger partial charge in [0.2, 0.25) is 5.91 Å². The highest BCUT2D eigenvalue weighted by atomic mass is 35.5. The number of carbonyl (C=O) groups is 1. The Bertz CT molecular complexity index is 918. The Morgan fingerprint density at radius 2 is 1.76 bits per heavy atom. The molecule has 0 unspecified atom stereocenters. The van der Waals surface area contributed by atoms with Crippen LogP contribution in [0, 0.1) is 0 Å². The molecule has 0 aliphatic carbocycles. The molecule has 2 aliphatic rings. The van der Waals surface area contributed by atoms with E-state index in [2.05, 4.69) is 42.1 Å². The summed E-state index contributed by atoms with van der Waals surface area (Å²) in [6, 6.07) is 9.93. The Morgan fingerprint density at radius 1 is 1.06 bits per heavy atom. The van der Waals surface area contributed by atoms with Gasteiger partial charge in [-0.15, -0.1) is 0 Å². The lowest BCUT2D eigenvalue weighted by atomic mass is 10.2. The molecule has 0 spiro atoms. The normalized spacial score (nSPS) is 16.8. The molecule has 0 saturated carbocycles. The molecule has 8 nitrogen and oxygen atoms in total. The Balaban J connectivity index is 1.25. The first-order valence-electron chi connectivity index (χ1n) is 11.4. The molecule has 10 heteroatoms. The molecule has 2 fully saturated rings. The molecular weight excluding hydrogens is 460 g/mol. The van der Waals surface area contributed by atoms with Gasteiger partial charge in [-0.1, -0.05) is 23.4 Å². The maximum Gasteiger partial charge on any atom is 0.230 e. The minimum absolute atomic E-state index is 0.00238. The van der Waals surface area contributed by atoms with Crippen LogP contribution in [0.25, 0.3) is 0 Å². The predicted molar refractivity (Wildman–Crippen MR) is 134 cm³/mol. The number of hydrogen-bond acceptors (Lipinski definition) is 8. The zero-order valence-electron chi connectivity index (χ0n) is 19.0. The molecule has 4 rings (SSSR count). The van der Waals surface area contributed by atoms with E-state index in [1.54, 1.807) is 13.2 Å². The summed E-state index contributed by atoms with van der Waals surface area (Å²) in [4.78, 5) is 28.1. The van der Waals surface area contributed by atoms with Gasteiger partial charge in [-0.05, 0) is 50.2 Å². The summed E-state index contributed by atoms with van der Waals surface area (Å²) in [5, 5.41) is 3.92. The van der Waals surface area contributed by atoms with Crippen LogP contribution in [0.5, 0.6) is 5.75 Å². The van der Waals surface area contributed by atoms with Crippen molar-refractivity contribution in [1.82, 2.24) is 20.2 Å². The number of likely N-dealkylation sites (tertiary alicyclic amines) is 1. The molecule has 178 valence electrons. The Labute approximate surface area is 204 Å². The fourth-order valence-electron chi connectivity index (χ4n) is 4.14. The number of nitrogens with zero attached hydrogens (tertiary/aromatic N) is 5. The molecule has 1 N–H and O–H groups in total. The number of thioether (sulfide) groups is 1. The second-order valence-electron chi connectivity index (χ2n) is 8.19. The average molecular weight is 491 g/mol. The molecule has 1 amide bonds. The Morgan fingerprint density at radius 3 is 2.45 bits per heavy atom. The average Bonchev–Trinajstić information content (AvgIpc) is 3.36. The van der Waals surface area contributed by atoms with Crippen LogP contribution in [0.3, 0.4) is 0 Å². The van der Waals surface area contributed by atoms with Crippen molar-refractivity contribution in [3.8, 4) is 5.75 Å². The second-order valence-corrected chi connectivity index (χ2v) is 9.52. The summed E-state index contributed by atoms with van der Waals surface area (Å²) in [5.41, 5.74) is 1.18. The van der Waals surface area contributed by atoms with Gasteiger partial charge in [0.05, 0.1) is 12.9 Å². The third-order valence-electron chi connectivity index (χ3n) is 5.98. The van der Waals surface area contributed by atoms with E-state index in [0.29, 0.717) is 16.9 Å². The Kier molecular flexibility index (Phi) is 8.52. The highest BCUT2D eigenvalue weighted by Gasteiger charge is 2.20. The number of amides is 1. The summed E-state index contributed by atoms with van der Waals surface area (Å²) >= 11 is 7.60. The highest BCUT2D eigenvalue weighted by molar-refractivity contribution is 7.99. The smallest absolute Gasteiger partial charge is 0.230 e. The van der Waals surface area contributed by atoms with Gasteiger partial charge in [-0.25, -0.2) is 9.97 Å². The minimum atomic E-state index is -0.00238. The maximum atomic E-state index is 12.2. The maximum absolute atomic E-state index is 12.2. The van der Waals surface area contributed by atoms with Crippen LogP contribution < -0.4 is 19.9 Å². The first kappa shape index (κ1) is 23.9. The SMILES string of the molecule is COc1ccc(N2CCN(c3cc(Cl)nc(SCC(=O)NCCN4CCCC4)n3)CC2)cc1. The lowest BCUT2D eigenvalue weighted by Crippen LogP contribution is -2.46. The van der Waals surface area contributed by atoms with Crippen molar-refractivity contribution in [3.63, 3.8) is 0 Å². The largest absolute Gasteiger partial charge is 0.497 e. The van der Waals surface area contributed by atoms with Crippen molar-refractivity contribution in [1.29, 1.82) is 0 Å². The van der Waals surface area contributed by atoms with Gasteiger partial charge in [0.15, 0.2) is 5.16 Å². The molecule has 2 aromatic rings. The minimum Gasteiger partial charge on any atom is -0.497 e. The number of halogens is 1. The van der Waals surface area contributed by atoms with Gasteiger partial charge in [0.1, 0.15) is 16.7 Å². The highest BCUT2D eigenvalue weighted by Crippen LogP contribution is 2.25.